The maximum absolute atomic E-state index is 12.7. The molecule has 0 saturated heterocycles. The van der Waals surface area contributed by atoms with Gasteiger partial charge >= 0.3 is 0 Å². The number of allylic oxidation sites excluding steroid dienone is 2. The van der Waals surface area contributed by atoms with E-state index in [2.05, 4.69) is 0 Å². The highest BCUT2D eigenvalue weighted by molar-refractivity contribution is 7.20. The molecule has 3 aromatic rings. The minimum atomic E-state index is -0.333. The molecule has 0 radical (unpaired) electrons. The Hall–Kier alpha value is -2.72. The number of rotatable bonds is 1. The quantitative estimate of drug-likeness (QED) is 0.737. The number of thiophene rings is 1. The average molecular weight is 306 g/mol. The Labute approximate surface area is 130 Å². The summed E-state index contributed by atoms with van der Waals surface area (Å²) in [5.41, 5.74) is 0.751. The first-order chi connectivity index (χ1) is 10.6. The average Bonchev–Trinajstić information content (AvgIpc) is 2.94. The number of fused-ring (bicyclic) bond motifs is 2. The van der Waals surface area contributed by atoms with Gasteiger partial charge in [-0.1, -0.05) is 30.3 Å². The van der Waals surface area contributed by atoms with E-state index in [-0.39, 0.29) is 28.4 Å². The first-order valence-corrected chi connectivity index (χ1v) is 7.58. The van der Waals surface area contributed by atoms with Crippen LogP contribution in [0.5, 0.6) is 5.75 Å². The van der Waals surface area contributed by atoms with E-state index in [9.17, 15) is 14.7 Å². The maximum Gasteiger partial charge on any atom is 0.195 e. The number of phenolic OH excluding ortho intramolecular Hbond substituents is 1. The van der Waals surface area contributed by atoms with Crippen LogP contribution in [0.25, 0.3) is 15.7 Å². The van der Waals surface area contributed by atoms with Crippen molar-refractivity contribution in [3.63, 3.8) is 0 Å². The lowest BCUT2D eigenvalue weighted by atomic mass is 9.88. The molecule has 1 aliphatic rings. The molecule has 22 heavy (non-hydrogen) atoms. The fourth-order valence-electron chi connectivity index (χ4n) is 2.70. The Morgan fingerprint density at radius 2 is 1.77 bits per heavy atom. The van der Waals surface area contributed by atoms with Crippen LogP contribution in [-0.4, -0.2) is 16.7 Å². The van der Waals surface area contributed by atoms with Gasteiger partial charge in [0.05, 0.1) is 5.56 Å². The molecule has 0 amide bonds. The largest absolute Gasteiger partial charge is 0.507 e. The molecule has 1 aliphatic carbocycles. The normalized spacial score (nSPS) is 14.1. The molecule has 1 N–H and O–H groups in total. The molecule has 1 aromatic heterocycles. The fraction of sp³-hybridized carbons (Fsp3) is 0. The monoisotopic (exact) mass is 306 g/mol. The van der Waals surface area contributed by atoms with Crippen molar-refractivity contribution in [3.05, 3.63) is 70.6 Å². The SMILES string of the molecule is O=C1C(c2cc3ccccc3s2)=CC(=O)c2c(O)cccc21. The first-order valence-electron chi connectivity index (χ1n) is 6.77. The Bertz CT molecular complexity index is 946. The third kappa shape index (κ3) is 1.81. The lowest BCUT2D eigenvalue weighted by molar-refractivity contribution is 0.0999. The van der Waals surface area contributed by atoms with Gasteiger partial charge in [0.25, 0.3) is 0 Å². The highest BCUT2D eigenvalue weighted by atomic mass is 32.1. The zero-order valence-electron chi connectivity index (χ0n) is 11.4. The lowest BCUT2D eigenvalue weighted by Crippen LogP contribution is -2.15. The van der Waals surface area contributed by atoms with Gasteiger partial charge in [0.15, 0.2) is 11.6 Å². The molecule has 4 rings (SSSR count). The second kappa shape index (κ2) is 4.64. The molecule has 106 valence electrons. The summed E-state index contributed by atoms with van der Waals surface area (Å²) < 4.78 is 1.07. The van der Waals surface area contributed by atoms with Crippen molar-refractivity contribution in [1.29, 1.82) is 0 Å². The number of hydrogen-bond donors (Lipinski definition) is 1. The number of ketones is 2. The molecule has 0 aliphatic heterocycles. The molecule has 0 unspecified atom stereocenters. The number of benzene rings is 2. The van der Waals surface area contributed by atoms with E-state index in [4.69, 9.17) is 0 Å². The van der Waals surface area contributed by atoms with Crippen molar-refractivity contribution >= 4 is 38.6 Å². The summed E-state index contributed by atoms with van der Waals surface area (Å²) in [5.74, 6) is -0.709. The van der Waals surface area contributed by atoms with Crippen molar-refractivity contribution in [1.82, 2.24) is 0 Å². The molecule has 0 bridgehead atoms. The summed E-state index contributed by atoms with van der Waals surface area (Å²) in [6.07, 6.45) is 1.33. The summed E-state index contributed by atoms with van der Waals surface area (Å²) >= 11 is 1.48. The van der Waals surface area contributed by atoms with Crippen LogP contribution in [0.15, 0.2) is 54.6 Å². The van der Waals surface area contributed by atoms with Crippen LogP contribution in [-0.2, 0) is 0 Å². The Morgan fingerprint density at radius 3 is 2.59 bits per heavy atom. The van der Waals surface area contributed by atoms with Gasteiger partial charge < -0.3 is 5.11 Å². The lowest BCUT2D eigenvalue weighted by Gasteiger charge is -2.14. The molecule has 0 saturated carbocycles. The second-order valence-corrected chi connectivity index (χ2v) is 6.18. The first kappa shape index (κ1) is 13.0. The fourth-order valence-corrected chi connectivity index (χ4v) is 3.78. The van der Waals surface area contributed by atoms with E-state index < -0.39 is 0 Å². The summed E-state index contributed by atoms with van der Waals surface area (Å²) in [7, 11) is 0. The predicted octanol–water partition coefficient (Wildman–Crippen LogP) is 4.07. The van der Waals surface area contributed by atoms with Crippen LogP contribution in [0.3, 0.4) is 0 Å². The molecule has 4 heteroatoms. The highest BCUT2D eigenvalue weighted by Gasteiger charge is 2.29. The second-order valence-electron chi connectivity index (χ2n) is 5.10. The third-order valence-electron chi connectivity index (χ3n) is 3.74. The number of carbonyl (C=O) groups is 2. The molecular formula is C18H10O3S. The predicted molar refractivity (Wildman–Crippen MR) is 86.6 cm³/mol. The summed E-state index contributed by atoms with van der Waals surface area (Å²) in [4.78, 5) is 25.7. The number of hydrogen-bond acceptors (Lipinski definition) is 4. The van der Waals surface area contributed by atoms with Gasteiger partial charge in [-0.25, -0.2) is 0 Å². The smallest absolute Gasteiger partial charge is 0.195 e. The van der Waals surface area contributed by atoms with E-state index in [0.717, 1.165) is 15.0 Å². The molecule has 3 nitrogen and oxygen atoms in total. The van der Waals surface area contributed by atoms with E-state index in [1.807, 2.05) is 30.3 Å². The van der Waals surface area contributed by atoms with Crippen molar-refractivity contribution in [3.8, 4) is 5.75 Å². The summed E-state index contributed by atoms with van der Waals surface area (Å²) in [6.45, 7) is 0. The molecular weight excluding hydrogens is 296 g/mol. The van der Waals surface area contributed by atoms with Crippen LogP contribution < -0.4 is 0 Å². The summed E-state index contributed by atoms with van der Waals surface area (Å²) in [5, 5.41) is 10.9. The minimum absolute atomic E-state index is 0.0948. The molecule has 2 aromatic carbocycles. The molecule has 1 heterocycles. The zero-order chi connectivity index (χ0) is 15.3. The van der Waals surface area contributed by atoms with Crippen LogP contribution in [0.1, 0.15) is 25.6 Å². The number of Topliss-reactive ketones (excluding diaryl/α,β-unsaturated/α-hetero) is 1. The van der Waals surface area contributed by atoms with Crippen molar-refractivity contribution in [2.45, 2.75) is 0 Å². The van der Waals surface area contributed by atoms with Crippen molar-refractivity contribution < 1.29 is 14.7 Å². The van der Waals surface area contributed by atoms with Gasteiger partial charge in [-0.3, -0.25) is 9.59 Å². The van der Waals surface area contributed by atoms with E-state index >= 15 is 0 Å². The van der Waals surface area contributed by atoms with E-state index in [1.165, 1.54) is 23.5 Å². The number of phenols is 1. The van der Waals surface area contributed by atoms with Crippen molar-refractivity contribution in [2.75, 3.05) is 0 Å². The standard InChI is InChI=1S/C18H10O3S/c19-13-6-3-5-11-17(13)14(20)9-12(18(11)21)16-8-10-4-1-2-7-15(10)22-16/h1-9,19H. The maximum atomic E-state index is 12.7. The van der Waals surface area contributed by atoms with E-state index in [0.29, 0.717) is 5.57 Å². The van der Waals surface area contributed by atoms with Gasteiger partial charge in [-0.2, -0.15) is 0 Å². The molecule has 0 fully saturated rings. The van der Waals surface area contributed by atoms with Gasteiger partial charge in [0, 0.05) is 20.7 Å². The van der Waals surface area contributed by atoms with Gasteiger partial charge in [0.1, 0.15) is 5.75 Å². The van der Waals surface area contributed by atoms with Crippen LogP contribution in [0.4, 0.5) is 0 Å². The Kier molecular flexibility index (Phi) is 2.74. The summed E-state index contributed by atoms with van der Waals surface area (Å²) in [6, 6.07) is 14.3. The van der Waals surface area contributed by atoms with Crippen LogP contribution >= 0.6 is 11.3 Å². The third-order valence-corrected chi connectivity index (χ3v) is 4.89. The van der Waals surface area contributed by atoms with Gasteiger partial charge in [-0.15, -0.1) is 11.3 Å². The zero-order valence-corrected chi connectivity index (χ0v) is 12.2. The van der Waals surface area contributed by atoms with Gasteiger partial charge in [-0.05, 0) is 29.7 Å². The Morgan fingerprint density at radius 1 is 0.955 bits per heavy atom. The Balaban J connectivity index is 1.90. The topological polar surface area (TPSA) is 54.4 Å². The van der Waals surface area contributed by atoms with Gasteiger partial charge in [0.2, 0.25) is 0 Å². The number of carbonyl (C=O) groups excluding carboxylic acids is 2. The number of aromatic hydroxyl groups is 1. The van der Waals surface area contributed by atoms with Crippen LogP contribution in [0, 0.1) is 0 Å². The minimum Gasteiger partial charge on any atom is -0.507 e. The van der Waals surface area contributed by atoms with Crippen molar-refractivity contribution in [2.24, 2.45) is 0 Å². The van der Waals surface area contributed by atoms with Crippen LogP contribution in [0.2, 0.25) is 0 Å². The highest BCUT2D eigenvalue weighted by Crippen LogP contribution is 2.36. The van der Waals surface area contributed by atoms with E-state index in [1.54, 1.807) is 12.1 Å². The molecule has 0 atom stereocenters. The molecule has 0 spiro atoms.